The number of para-hydroxylation sites is 3. The van der Waals surface area contributed by atoms with Gasteiger partial charge >= 0.3 is 0 Å². The van der Waals surface area contributed by atoms with Crippen LogP contribution in [0.2, 0.25) is 0 Å². The lowest BCUT2D eigenvalue weighted by atomic mass is 9.55. The van der Waals surface area contributed by atoms with Gasteiger partial charge in [-0.3, -0.25) is 0 Å². The minimum absolute atomic E-state index is 0.130. The van der Waals surface area contributed by atoms with Crippen LogP contribution in [0.5, 0.6) is 0 Å². The van der Waals surface area contributed by atoms with E-state index in [1.54, 1.807) is 0 Å². The summed E-state index contributed by atoms with van der Waals surface area (Å²) in [5.74, 6) is 0. The van der Waals surface area contributed by atoms with E-state index in [0.717, 1.165) is 50.1 Å². The number of rotatable bonds is 4. The van der Waals surface area contributed by atoms with E-state index in [9.17, 15) is 0 Å². The molecule has 2 nitrogen and oxygen atoms in total. The quantitative estimate of drug-likeness (QED) is 0.183. The Morgan fingerprint density at radius 1 is 0.389 bits per heavy atom. The molecule has 0 unspecified atom stereocenters. The molecule has 1 aromatic heterocycles. The zero-order chi connectivity index (χ0) is 36.0. The molecule has 0 radical (unpaired) electrons. The van der Waals surface area contributed by atoms with E-state index in [2.05, 4.69) is 195 Å². The molecule has 0 N–H and O–H groups in total. The summed E-state index contributed by atoms with van der Waals surface area (Å²) in [4.78, 5) is 2.41. The van der Waals surface area contributed by atoms with Crippen LogP contribution in [-0.2, 0) is 10.8 Å². The predicted molar refractivity (Wildman–Crippen MR) is 223 cm³/mol. The highest BCUT2D eigenvalue weighted by atomic mass is 16.3. The minimum Gasteiger partial charge on any atom is -0.456 e. The third-order valence-corrected chi connectivity index (χ3v) is 12.1. The van der Waals surface area contributed by atoms with Crippen molar-refractivity contribution in [2.75, 3.05) is 4.90 Å². The first-order chi connectivity index (χ1) is 26.5. The standard InChI is InChI=1S/C52H37NO/c1-51(2)44-22-10-12-24-46(44)52(47-25-13-11-23-45(47)51)42-21-9-6-19-38(42)41-33-36(29-31-43(41)52)53(35-16-4-3-5-17-35)48-26-14-7-18-37(48)34-28-30-40-39-20-8-15-27-49(39)54-50(40)32-34/h3-33H,1-2H3. The van der Waals surface area contributed by atoms with Crippen LogP contribution in [-0.4, -0.2) is 0 Å². The molecule has 2 heteroatoms. The number of nitrogens with zero attached hydrogens (tertiary/aromatic N) is 1. The molecule has 9 aromatic rings. The maximum absolute atomic E-state index is 6.37. The predicted octanol–water partition coefficient (Wildman–Crippen LogP) is 13.7. The topological polar surface area (TPSA) is 16.4 Å². The van der Waals surface area contributed by atoms with Crippen molar-refractivity contribution in [1.82, 2.24) is 0 Å². The molecule has 256 valence electrons. The van der Waals surface area contributed by atoms with Crippen LogP contribution >= 0.6 is 0 Å². The maximum Gasteiger partial charge on any atom is 0.136 e. The Morgan fingerprint density at radius 2 is 0.963 bits per heavy atom. The van der Waals surface area contributed by atoms with E-state index in [0.29, 0.717) is 0 Å². The van der Waals surface area contributed by atoms with Crippen LogP contribution in [0.3, 0.4) is 0 Å². The van der Waals surface area contributed by atoms with Gasteiger partial charge in [0, 0.05) is 33.1 Å². The summed E-state index contributed by atoms with van der Waals surface area (Å²) in [6.45, 7) is 4.76. The van der Waals surface area contributed by atoms with Crippen molar-refractivity contribution in [3.8, 4) is 22.3 Å². The van der Waals surface area contributed by atoms with Crippen LogP contribution in [0, 0.1) is 0 Å². The summed E-state index contributed by atoms with van der Waals surface area (Å²) in [6.07, 6.45) is 0. The van der Waals surface area contributed by atoms with E-state index in [1.807, 2.05) is 12.1 Å². The average molecular weight is 692 g/mol. The van der Waals surface area contributed by atoms with Crippen LogP contribution < -0.4 is 4.90 Å². The second-order valence-corrected chi connectivity index (χ2v) is 15.2. The molecule has 1 heterocycles. The first-order valence-corrected chi connectivity index (χ1v) is 18.9. The minimum atomic E-state index is -0.426. The molecule has 0 atom stereocenters. The molecule has 54 heavy (non-hydrogen) atoms. The molecule has 2 aliphatic carbocycles. The zero-order valence-electron chi connectivity index (χ0n) is 30.3. The maximum atomic E-state index is 6.37. The summed E-state index contributed by atoms with van der Waals surface area (Å²) < 4.78 is 6.37. The molecule has 0 amide bonds. The van der Waals surface area contributed by atoms with Crippen molar-refractivity contribution in [2.24, 2.45) is 0 Å². The Bertz CT molecular complexity index is 2880. The normalized spacial score (nSPS) is 14.4. The molecule has 8 aromatic carbocycles. The van der Waals surface area contributed by atoms with Gasteiger partial charge in [0.1, 0.15) is 11.2 Å². The number of fused-ring (bicyclic) bond motifs is 12. The van der Waals surface area contributed by atoms with Crippen LogP contribution in [0.1, 0.15) is 47.2 Å². The van der Waals surface area contributed by atoms with Crippen LogP contribution in [0.4, 0.5) is 17.1 Å². The van der Waals surface area contributed by atoms with E-state index in [4.69, 9.17) is 4.42 Å². The van der Waals surface area contributed by atoms with Gasteiger partial charge in [-0.1, -0.05) is 153 Å². The molecule has 0 saturated heterocycles. The van der Waals surface area contributed by atoms with Gasteiger partial charge in [0.15, 0.2) is 0 Å². The van der Waals surface area contributed by atoms with Crippen molar-refractivity contribution in [2.45, 2.75) is 24.7 Å². The van der Waals surface area contributed by atoms with Crippen LogP contribution in [0.25, 0.3) is 44.2 Å². The SMILES string of the molecule is CC1(C)c2ccccc2C2(c3ccccc3-c3cc(N(c4ccccc4)c4ccccc4-c4ccc5c(c4)oc4ccccc45)ccc32)c2ccccc21. The van der Waals surface area contributed by atoms with E-state index < -0.39 is 5.41 Å². The van der Waals surface area contributed by atoms with Crippen LogP contribution in [0.15, 0.2) is 192 Å². The number of hydrogen-bond donors (Lipinski definition) is 0. The number of benzene rings is 8. The highest BCUT2D eigenvalue weighted by Gasteiger charge is 2.53. The number of hydrogen-bond acceptors (Lipinski definition) is 2. The van der Waals surface area contributed by atoms with Crippen molar-refractivity contribution in [1.29, 1.82) is 0 Å². The van der Waals surface area contributed by atoms with Crippen molar-refractivity contribution in [3.05, 3.63) is 221 Å². The Kier molecular flexibility index (Phi) is 6.55. The van der Waals surface area contributed by atoms with Gasteiger partial charge in [-0.25, -0.2) is 0 Å². The first kappa shape index (κ1) is 30.9. The van der Waals surface area contributed by atoms with E-state index in [1.165, 1.54) is 44.5 Å². The Labute approximate surface area is 315 Å². The third-order valence-electron chi connectivity index (χ3n) is 12.1. The third kappa shape index (κ3) is 4.17. The number of anilines is 3. The van der Waals surface area contributed by atoms with Crippen molar-refractivity contribution < 1.29 is 4.42 Å². The summed E-state index contributed by atoms with van der Waals surface area (Å²) >= 11 is 0. The lowest BCUT2D eigenvalue weighted by molar-refractivity contribution is 0.563. The summed E-state index contributed by atoms with van der Waals surface area (Å²) in [7, 11) is 0. The molecule has 0 fully saturated rings. The molecule has 0 bridgehead atoms. The zero-order valence-corrected chi connectivity index (χ0v) is 30.3. The fourth-order valence-electron chi connectivity index (χ4n) is 9.80. The van der Waals surface area contributed by atoms with E-state index in [-0.39, 0.29) is 5.41 Å². The van der Waals surface area contributed by atoms with Crippen molar-refractivity contribution in [3.63, 3.8) is 0 Å². The lowest BCUT2D eigenvalue weighted by Gasteiger charge is -2.46. The van der Waals surface area contributed by atoms with Gasteiger partial charge in [-0.2, -0.15) is 0 Å². The van der Waals surface area contributed by atoms with Gasteiger partial charge in [0.05, 0.1) is 11.1 Å². The second kappa shape index (κ2) is 11.4. The second-order valence-electron chi connectivity index (χ2n) is 15.2. The van der Waals surface area contributed by atoms with Gasteiger partial charge in [0.2, 0.25) is 0 Å². The lowest BCUT2D eigenvalue weighted by Crippen LogP contribution is -2.40. The first-order valence-electron chi connectivity index (χ1n) is 18.9. The van der Waals surface area contributed by atoms with E-state index >= 15 is 0 Å². The highest BCUT2D eigenvalue weighted by Crippen LogP contribution is 2.62. The molecule has 2 aliphatic rings. The highest BCUT2D eigenvalue weighted by molar-refractivity contribution is 6.06. The Hall–Kier alpha value is -6.64. The fourth-order valence-corrected chi connectivity index (χ4v) is 9.80. The molecule has 0 aliphatic heterocycles. The van der Waals surface area contributed by atoms with Gasteiger partial charge in [-0.15, -0.1) is 0 Å². The molecule has 1 spiro atoms. The van der Waals surface area contributed by atoms with Gasteiger partial charge < -0.3 is 9.32 Å². The Morgan fingerprint density at radius 3 is 1.72 bits per heavy atom. The largest absolute Gasteiger partial charge is 0.456 e. The molecular formula is C52H37NO. The molecule has 0 saturated carbocycles. The number of furan rings is 1. The molecule has 11 rings (SSSR count). The van der Waals surface area contributed by atoms with Gasteiger partial charge in [0.25, 0.3) is 0 Å². The van der Waals surface area contributed by atoms with Crippen molar-refractivity contribution >= 4 is 39.0 Å². The monoisotopic (exact) mass is 691 g/mol. The average Bonchev–Trinajstić information content (AvgIpc) is 3.74. The van der Waals surface area contributed by atoms with Gasteiger partial charge in [-0.05, 0) is 98.6 Å². The summed E-state index contributed by atoms with van der Waals surface area (Å²) in [6, 6.07) is 68.9. The summed E-state index contributed by atoms with van der Waals surface area (Å²) in [5.41, 5.74) is 17.6. The summed E-state index contributed by atoms with van der Waals surface area (Å²) in [5, 5.41) is 2.27. The Balaban J connectivity index is 1.15. The fraction of sp³-hybridized carbons (Fsp3) is 0.0769. The smallest absolute Gasteiger partial charge is 0.136 e. The molecular weight excluding hydrogens is 655 g/mol.